The molecule has 6 aromatic carbocycles. The lowest BCUT2D eigenvalue weighted by molar-refractivity contribution is 0.406. The maximum atomic E-state index is 13.5. The smallest absolute Gasteiger partial charge is 0.406 e. The third-order valence-corrected chi connectivity index (χ3v) is 19.0. The normalized spacial score (nSPS) is 18.0. The van der Waals surface area contributed by atoms with Crippen molar-refractivity contribution in [1.82, 2.24) is 61.0 Å². The van der Waals surface area contributed by atoms with Crippen LogP contribution in [0, 0.1) is 5.82 Å². The Balaban J connectivity index is 0.000000110. The number of H-pyrrole nitrogens is 4. The van der Waals surface area contributed by atoms with Gasteiger partial charge in [-0.1, -0.05) is 41.4 Å². The molecule has 12 aromatic rings. The van der Waals surface area contributed by atoms with Crippen molar-refractivity contribution in [2.45, 2.75) is 25.9 Å². The second-order valence-corrected chi connectivity index (χ2v) is 26.7. The summed E-state index contributed by atoms with van der Waals surface area (Å²) in [5.74, 6) is -2.82. The largest absolute Gasteiger partial charge is 0.419 e. The minimum absolute atomic E-state index is 0.303. The van der Waals surface area contributed by atoms with Crippen LogP contribution in [0.2, 0.25) is 10.0 Å². The summed E-state index contributed by atoms with van der Waals surface area (Å²) in [5.41, 5.74) is 13.2. The van der Waals surface area contributed by atoms with E-state index in [2.05, 4.69) is 90.2 Å². The van der Waals surface area contributed by atoms with Crippen molar-refractivity contribution >= 4 is 124 Å². The number of benzene rings is 6. The molecule has 33 heteroatoms. The fourth-order valence-corrected chi connectivity index (χ4v) is 14.2. The third-order valence-electron chi connectivity index (χ3n) is 18.6. The van der Waals surface area contributed by atoms with Crippen LogP contribution in [0.15, 0.2) is 146 Å². The van der Waals surface area contributed by atoms with Crippen LogP contribution >= 0.6 is 23.2 Å². The zero-order chi connectivity index (χ0) is 71.8. The molecule has 10 N–H and O–H groups in total. The first kappa shape index (κ1) is 71.4. The van der Waals surface area contributed by atoms with Gasteiger partial charge in [-0.2, -0.15) is 0 Å². The van der Waals surface area contributed by atoms with Gasteiger partial charge in [-0.05, 0) is 74.5 Å². The highest BCUT2D eigenvalue weighted by atomic mass is 35.5. The van der Waals surface area contributed by atoms with Crippen LogP contribution in [0.25, 0.3) is 66.6 Å². The van der Waals surface area contributed by atoms with Crippen molar-refractivity contribution in [2.75, 3.05) is 173 Å². The van der Waals surface area contributed by atoms with Gasteiger partial charge in [-0.3, -0.25) is 29.1 Å². The molecule has 546 valence electrons. The van der Waals surface area contributed by atoms with E-state index in [1.165, 1.54) is 16.7 Å². The van der Waals surface area contributed by atoms with E-state index in [-0.39, 0.29) is 17.3 Å². The summed E-state index contributed by atoms with van der Waals surface area (Å²) in [7, 11) is 3.42. The number of halogens is 3. The van der Waals surface area contributed by atoms with Gasteiger partial charge in [0.2, 0.25) is 0 Å². The van der Waals surface area contributed by atoms with E-state index in [9.17, 15) is 33.2 Å². The highest BCUT2D eigenvalue weighted by Crippen LogP contribution is 2.34. The predicted octanol–water partition coefficient (Wildman–Crippen LogP) is 5.43. The van der Waals surface area contributed by atoms with Gasteiger partial charge in [0, 0.05) is 192 Å². The zero-order valence-electron chi connectivity index (χ0n) is 57.5. The number of piperazine rings is 6. The summed E-state index contributed by atoms with van der Waals surface area (Å²) < 4.78 is 47.8. The maximum absolute atomic E-state index is 13.5. The predicted molar refractivity (Wildman–Crippen MR) is 400 cm³/mol. The Morgan fingerprint density at radius 1 is 0.359 bits per heavy atom. The summed E-state index contributed by atoms with van der Waals surface area (Å²) in [6, 6.07) is 28.2. The molecule has 2 atom stereocenters. The van der Waals surface area contributed by atoms with Gasteiger partial charge in [0.05, 0.1) is 67.2 Å². The van der Waals surface area contributed by atoms with Gasteiger partial charge in [0.25, 0.3) is 0 Å². The summed E-state index contributed by atoms with van der Waals surface area (Å²) in [6.45, 7) is 24.2. The molecule has 0 spiro atoms. The topological polar surface area (TPSA) is 346 Å². The molecule has 103 heavy (non-hydrogen) atoms. The molecule has 0 bridgehead atoms. The molecular weight excluding hydrogens is 1370 g/mol. The number of nitrogens with zero attached hydrogens (tertiary/aromatic N) is 8. The van der Waals surface area contributed by atoms with Crippen molar-refractivity contribution in [1.29, 1.82) is 0 Å². The minimum atomic E-state index is -0.554. The van der Waals surface area contributed by atoms with E-state index in [4.69, 9.17) is 49.7 Å². The van der Waals surface area contributed by atoms with Crippen molar-refractivity contribution in [3.63, 3.8) is 0 Å². The van der Waals surface area contributed by atoms with Gasteiger partial charge in [-0.25, -0.2) is 33.2 Å². The molecule has 6 fully saturated rings. The van der Waals surface area contributed by atoms with Gasteiger partial charge in [-0.15, -0.1) is 0 Å². The lowest BCUT2D eigenvalue weighted by atomic mass is 10.1. The van der Waals surface area contributed by atoms with E-state index in [0.717, 1.165) is 194 Å². The van der Waals surface area contributed by atoms with E-state index >= 15 is 0 Å². The maximum Gasteiger partial charge on any atom is 0.419 e. The number of aromatic amines is 4. The van der Waals surface area contributed by atoms with Crippen molar-refractivity contribution in [3.05, 3.63) is 170 Å². The molecule has 0 aliphatic carbocycles. The number of aryl methyl sites for hydroxylation is 2. The molecule has 6 saturated heterocycles. The van der Waals surface area contributed by atoms with E-state index in [1.807, 2.05) is 71.6 Å². The molecule has 0 radical (unpaired) electrons. The number of hydrogen-bond acceptors (Lipinski definition) is 24. The summed E-state index contributed by atoms with van der Waals surface area (Å²) >= 11 is 12.2. The van der Waals surface area contributed by atoms with Gasteiger partial charge < -0.3 is 87.8 Å². The Morgan fingerprint density at radius 3 is 1.12 bits per heavy atom. The highest BCUT2D eigenvalue weighted by molar-refractivity contribution is 6.32. The minimum Gasteiger partial charge on any atom is -0.406 e. The quantitative estimate of drug-likeness (QED) is 0.0992. The summed E-state index contributed by atoms with van der Waals surface area (Å²) in [5, 5.41) is 21.1. The van der Waals surface area contributed by atoms with Crippen LogP contribution in [0.5, 0.6) is 0 Å². The number of anilines is 6. The van der Waals surface area contributed by atoms with Crippen LogP contribution in [0.1, 0.15) is 13.8 Å². The average Bonchev–Trinajstić information content (AvgIpc) is 1.68. The number of para-hydroxylation sites is 3. The van der Waals surface area contributed by atoms with E-state index in [0.29, 0.717) is 72.3 Å². The third kappa shape index (κ3) is 16.6. The van der Waals surface area contributed by atoms with Crippen LogP contribution in [-0.2, 0) is 14.1 Å². The SMILES string of the molecule is C[C@@H]1CN(c2cccc3[nH]c(=O)oc23)C[C@H](C)N1.Cn1c(=O)oc2c(N3CCNCC3)cc(Cl)cc21.Cn1c(=O)oc2c(N3CCNCC3)cccc21.O=c1[nH]c2cc(Cl)cc(N3CCNCC3)c2o1.O=c1[nH]c2cc(F)cc(N3CCNCC3)c2o1.O=c1[nH]c2cccc(N3CCNCC3)c2o1. The van der Waals surface area contributed by atoms with Crippen molar-refractivity contribution in [3.8, 4) is 0 Å². The van der Waals surface area contributed by atoms with Gasteiger partial charge in [0.15, 0.2) is 33.5 Å². The first-order valence-corrected chi connectivity index (χ1v) is 35.2. The lowest BCUT2D eigenvalue weighted by Crippen LogP contribution is -2.54. The molecule has 12 heterocycles. The standard InChI is InChI=1S/C13H17N3O2.C12H14ClN3O2.C12H15N3O2.C11H12ClN3O2.C11H12FN3O2.C11H13N3O2/c1-8-6-16(7-9(2)14-8)11-5-3-4-10-12(11)18-13(17)15-10;1-15-9-6-8(13)7-10(11(9)18-12(15)17)16-4-2-14-3-5-16;1-14-9-3-2-4-10(11(9)17-12(14)16)15-7-5-13-6-8-15;2*12-7-5-8-10(17-11(16)14-8)9(6-7)15-3-1-13-2-4-15;15-11-13-8-2-1-3-9(10(8)16-11)14-6-4-12-5-7-14/h3-5,8-9,14H,6-7H2,1-2H3,(H,15,17);6-7,14H,2-5H2,1H3;2-4,13H,5-8H2,1H3;2*5-6,13H,1-4H2,(H,14,16);1-3,12H,4-7H2,(H,13,15)/t8-,9+;;;;;. The second kappa shape index (κ2) is 32.1. The lowest BCUT2D eigenvalue weighted by Gasteiger charge is -2.37. The monoisotopic (exact) mass is 1460 g/mol. The molecule has 18 rings (SSSR count). The summed E-state index contributed by atoms with van der Waals surface area (Å²) in [4.78, 5) is 91.6. The first-order chi connectivity index (χ1) is 49.9. The molecule has 0 amide bonds. The van der Waals surface area contributed by atoms with Gasteiger partial charge in [0.1, 0.15) is 5.82 Å². The van der Waals surface area contributed by atoms with Crippen LogP contribution in [0.3, 0.4) is 0 Å². The van der Waals surface area contributed by atoms with Crippen LogP contribution in [0.4, 0.5) is 38.5 Å². The van der Waals surface area contributed by atoms with E-state index < -0.39 is 23.0 Å². The second-order valence-electron chi connectivity index (χ2n) is 25.8. The zero-order valence-corrected chi connectivity index (χ0v) is 59.0. The fraction of sp³-hybridized carbons (Fsp3) is 0.400. The number of fused-ring (bicyclic) bond motifs is 6. The number of aromatic nitrogens is 6. The molecular formula is C70H83Cl2FN18O12. The van der Waals surface area contributed by atoms with E-state index in [1.54, 1.807) is 30.8 Å². The molecule has 0 unspecified atom stereocenters. The number of nitrogens with one attached hydrogen (secondary N) is 10. The Hall–Kier alpha value is -9.99. The Labute approximate surface area is 596 Å². The molecule has 6 aliphatic heterocycles. The molecule has 0 saturated carbocycles. The first-order valence-electron chi connectivity index (χ1n) is 34.4. The highest BCUT2D eigenvalue weighted by Gasteiger charge is 2.26. The number of rotatable bonds is 6. The molecule has 30 nitrogen and oxygen atoms in total. The number of oxazole rings is 6. The Kier molecular flexibility index (Phi) is 22.3. The number of hydrogen-bond donors (Lipinski definition) is 10. The average molecular weight is 1460 g/mol. The Bertz CT molecular complexity index is 5170. The Morgan fingerprint density at radius 2 is 0.680 bits per heavy atom. The van der Waals surface area contributed by atoms with Crippen molar-refractivity contribution in [2.24, 2.45) is 14.1 Å². The fourth-order valence-electron chi connectivity index (χ4n) is 13.7. The van der Waals surface area contributed by atoms with Crippen molar-refractivity contribution < 1.29 is 30.9 Å². The molecule has 6 aromatic heterocycles. The van der Waals surface area contributed by atoms with Crippen LogP contribution < -0.4 is 95.8 Å². The summed E-state index contributed by atoms with van der Waals surface area (Å²) in [6.07, 6.45) is 0. The van der Waals surface area contributed by atoms with Crippen LogP contribution in [-0.4, -0.2) is 185 Å². The van der Waals surface area contributed by atoms with Gasteiger partial charge >= 0.3 is 34.5 Å². The molecule has 6 aliphatic rings.